The Kier molecular flexibility index (Phi) is 3.45. The van der Waals surface area contributed by atoms with Crippen LogP contribution < -0.4 is 5.73 Å². The highest BCUT2D eigenvalue weighted by molar-refractivity contribution is 7.15. The van der Waals surface area contributed by atoms with Gasteiger partial charge in [-0.05, 0) is 30.2 Å². The van der Waals surface area contributed by atoms with Gasteiger partial charge in [-0.2, -0.15) is 0 Å². The molecule has 17 heavy (non-hydrogen) atoms. The van der Waals surface area contributed by atoms with Gasteiger partial charge in [0.05, 0.1) is 5.69 Å². The molecule has 0 unspecified atom stereocenters. The molecule has 1 aromatic carbocycles. The zero-order valence-corrected chi connectivity index (χ0v) is 10.8. The molecule has 0 atom stereocenters. The fourth-order valence-electron chi connectivity index (χ4n) is 1.69. The number of rotatable bonds is 3. The molecule has 0 radical (unpaired) electrons. The molecular formula is C13H16N2OS. The number of nitrogens with zero attached hydrogens (tertiary/aromatic N) is 1. The maximum Gasteiger partial charge on any atom is 0.123 e. The summed E-state index contributed by atoms with van der Waals surface area (Å²) in [6.07, 6.45) is 0. The first-order chi connectivity index (χ1) is 8.11. The van der Waals surface area contributed by atoms with E-state index in [4.69, 9.17) is 5.73 Å². The van der Waals surface area contributed by atoms with Gasteiger partial charge in [0.2, 0.25) is 0 Å². The minimum absolute atomic E-state index is 0.272. The highest BCUT2D eigenvalue weighted by Crippen LogP contribution is 2.32. The van der Waals surface area contributed by atoms with Crippen LogP contribution in [0.15, 0.2) is 24.3 Å². The van der Waals surface area contributed by atoms with Gasteiger partial charge >= 0.3 is 0 Å². The molecule has 0 spiro atoms. The van der Waals surface area contributed by atoms with E-state index >= 15 is 0 Å². The maximum atomic E-state index is 9.26. The molecule has 2 aromatic rings. The maximum absolute atomic E-state index is 9.26. The minimum Gasteiger partial charge on any atom is -0.508 e. The number of hydrogen-bond donors (Lipinski definition) is 2. The molecule has 4 heteroatoms. The number of aromatic nitrogens is 1. The summed E-state index contributed by atoms with van der Waals surface area (Å²) < 4.78 is 0. The Labute approximate surface area is 105 Å². The summed E-state index contributed by atoms with van der Waals surface area (Å²) in [7, 11) is 0. The van der Waals surface area contributed by atoms with Crippen LogP contribution in [0, 0.1) is 0 Å². The smallest absolute Gasteiger partial charge is 0.123 e. The monoisotopic (exact) mass is 248 g/mol. The Hall–Kier alpha value is -1.39. The van der Waals surface area contributed by atoms with Gasteiger partial charge in [0.15, 0.2) is 0 Å². The molecule has 0 aliphatic heterocycles. The number of phenols is 1. The van der Waals surface area contributed by atoms with Crippen molar-refractivity contribution in [3.05, 3.63) is 34.8 Å². The highest BCUT2D eigenvalue weighted by atomic mass is 32.1. The van der Waals surface area contributed by atoms with E-state index in [0.29, 0.717) is 12.5 Å². The molecular weight excluding hydrogens is 232 g/mol. The lowest BCUT2D eigenvalue weighted by Crippen LogP contribution is -1.99. The lowest BCUT2D eigenvalue weighted by atomic mass is 10.1. The largest absolute Gasteiger partial charge is 0.508 e. The Balaban J connectivity index is 2.42. The van der Waals surface area contributed by atoms with Crippen LogP contribution in [0.2, 0.25) is 0 Å². The average molecular weight is 248 g/mol. The lowest BCUT2D eigenvalue weighted by Gasteiger charge is -2.01. The van der Waals surface area contributed by atoms with E-state index in [2.05, 4.69) is 18.8 Å². The van der Waals surface area contributed by atoms with Gasteiger partial charge in [0.1, 0.15) is 10.8 Å². The second kappa shape index (κ2) is 4.85. The van der Waals surface area contributed by atoms with Gasteiger partial charge in [-0.3, -0.25) is 0 Å². The van der Waals surface area contributed by atoms with Crippen molar-refractivity contribution in [2.75, 3.05) is 0 Å². The van der Waals surface area contributed by atoms with Crippen molar-refractivity contribution >= 4 is 11.3 Å². The zero-order chi connectivity index (χ0) is 12.4. The number of benzene rings is 1. The summed E-state index contributed by atoms with van der Waals surface area (Å²) in [4.78, 5) is 5.78. The van der Waals surface area contributed by atoms with Gasteiger partial charge in [0, 0.05) is 17.0 Å². The van der Waals surface area contributed by atoms with Gasteiger partial charge in [0.25, 0.3) is 0 Å². The molecule has 0 aliphatic rings. The first-order valence-corrected chi connectivity index (χ1v) is 6.42. The fraction of sp³-hybridized carbons (Fsp3) is 0.308. The number of thiazole rings is 1. The Morgan fingerprint density at radius 3 is 2.41 bits per heavy atom. The third-order valence-corrected chi connectivity index (χ3v) is 3.72. The molecule has 0 bridgehead atoms. The number of nitrogens with two attached hydrogens (primary N) is 1. The first-order valence-electron chi connectivity index (χ1n) is 5.61. The Morgan fingerprint density at radius 2 is 1.94 bits per heavy atom. The molecule has 1 heterocycles. The van der Waals surface area contributed by atoms with Crippen LogP contribution in [-0.4, -0.2) is 10.1 Å². The summed E-state index contributed by atoms with van der Waals surface area (Å²) >= 11 is 1.63. The van der Waals surface area contributed by atoms with E-state index in [1.807, 2.05) is 12.1 Å². The summed E-state index contributed by atoms with van der Waals surface area (Å²) in [6, 6.07) is 7.10. The molecule has 1 aromatic heterocycles. The van der Waals surface area contributed by atoms with Crippen molar-refractivity contribution in [1.82, 2.24) is 4.98 Å². The van der Waals surface area contributed by atoms with E-state index in [0.717, 1.165) is 21.1 Å². The van der Waals surface area contributed by atoms with Crippen molar-refractivity contribution < 1.29 is 5.11 Å². The zero-order valence-electron chi connectivity index (χ0n) is 9.97. The Morgan fingerprint density at radius 1 is 1.29 bits per heavy atom. The van der Waals surface area contributed by atoms with Gasteiger partial charge < -0.3 is 10.8 Å². The third kappa shape index (κ3) is 2.48. The second-order valence-electron chi connectivity index (χ2n) is 4.23. The topological polar surface area (TPSA) is 59.1 Å². The number of aromatic hydroxyl groups is 1. The molecule has 3 N–H and O–H groups in total. The van der Waals surface area contributed by atoms with Crippen LogP contribution in [0.5, 0.6) is 5.75 Å². The summed E-state index contributed by atoms with van der Waals surface area (Å²) in [5.41, 5.74) is 7.84. The molecule has 0 amide bonds. The minimum atomic E-state index is 0.272. The average Bonchev–Trinajstić information content (AvgIpc) is 2.74. The van der Waals surface area contributed by atoms with Crippen molar-refractivity contribution in [1.29, 1.82) is 0 Å². The lowest BCUT2D eigenvalue weighted by molar-refractivity contribution is 0.475. The highest BCUT2D eigenvalue weighted by Gasteiger charge is 2.13. The number of hydrogen-bond acceptors (Lipinski definition) is 4. The van der Waals surface area contributed by atoms with Crippen LogP contribution >= 0.6 is 11.3 Å². The predicted molar refractivity (Wildman–Crippen MR) is 71.2 cm³/mol. The van der Waals surface area contributed by atoms with Gasteiger partial charge in [-0.25, -0.2) is 4.98 Å². The van der Waals surface area contributed by atoms with Crippen molar-refractivity contribution in [3.63, 3.8) is 0 Å². The second-order valence-corrected chi connectivity index (χ2v) is 5.32. The van der Waals surface area contributed by atoms with E-state index in [-0.39, 0.29) is 5.75 Å². The van der Waals surface area contributed by atoms with Crippen molar-refractivity contribution in [2.24, 2.45) is 5.73 Å². The standard InChI is InChI=1S/C13H16N2OS/c1-8(2)12-11(7-14)17-13(15-12)9-3-5-10(16)6-4-9/h3-6,8,16H,7,14H2,1-2H3. The molecule has 0 saturated carbocycles. The van der Waals surface area contributed by atoms with Gasteiger partial charge in [-0.1, -0.05) is 13.8 Å². The Bertz CT molecular complexity index is 503. The molecule has 3 nitrogen and oxygen atoms in total. The first kappa shape index (κ1) is 12.1. The fourth-order valence-corrected chi connectivity index (χ4v) is 2.79. The van der Waals surface area contributed by atoms with Crippen LogP contribution in [0.3, 0.4) is 0 Å². The van der Waals surface area contributed by atoms with Crippen LogP contribution in [-0.2, 0) is 6.54 Å². The predicted octanol–water partition coefficient (Wildman–Crippen LogP) is 3.10. The van der Waals surface area contributed by atoms with Crippen LogP contribution in [0.1, 0.15) is 30.3 Å². The van der Waals surface area contributed by atoms with Crippen LogP contribution in [0.4, 0.5) is 0 Å². The van der Waals surface area contributed by atoms with E-state index in [9.17, 15) is 5.11 Å². The summed E-state index contributed by atoms with van der Waals surface area (Å²) in [6.45, 7) is 4.77. The van der Waals surface area contributed by atoms with E-state index in [1.54, 1.807) is 23.5 Å². The number of phenolic OH excluding ortho intramolecular Hbond substituents is 1. The molecule has 0 fully saturated rings. The van der Waals surface area contributed by atoms with E-state index in [1.165, 1.54) is 0 Å². The third-order valence-electron chi connectivity index (χ3n) is 2.57. The van der Waals surface area contributed by atoms with E-state index < -0.39 is 0 Å². The molecule has 0 saturated heterocycles. The van der Waals surface area contributed by atoms with Gasteiger partial charge in [-0.15, -0.1) is 11.3 Å². The summed E-state index contributed by atoms with van der Waals surface area (Å²) in [5.74, 6) is 0.657. The normalized spacial score (nSPS) is 11.1. The SMILES string of the molecule is CC(C)c1nc(-c2ccc(O)cc2)sc1CN. The van der Waals surface area contributed by atoms with Crippen molar-refractivity contribution in [2.45, 2.75) is 26.3 Å². The molecule has 2 rings (SSSR count). The molecule has 0 aliphatic carbocycles. The quantitative estimate of drug-likeness (QED) is 0.877. The van der Waals surface area contributed by atoms with Crippen molar-refractivity contribution in [3.8, 4) is 16.3 Å². The van der Waals surface area contributed by atoms with Crippen LogP contribution in [0.25, 0.3) is 10.6 Å². The molecule has 90 valence electrons. The summed E-state index contributed by atoms with van der Waals surface area (Å²) in [5, 5.41) is 10.2.